The van der Waals surface area contributed by atoms with Gasteiger partial charge in [-0.2, -0.15) is 0 Å². The van der Waals surface area contributed by atoms with Crippen LogP contribution in [0.25, 0.3) is 0 Å². The lowest BCUT2D eigenvalue weighted by Gasteiger charge is -2.36. The number of rotatable bonds is 4. The molecular weight excluding hydrogens is 244 g/mol. The van der Waals surface area contributed by atoms with Crippen molar-refractivity contribution < 1.29 is 4.43 Å². The molecule has 0 rings (SSSR count). The molecule has 0 bridgehead atoms. The fraction of sp³-hybridized carbons (Fsp3) is 1.00. The highest BCUT2D eigenvalue weighted by Gasteiger charge is 2.37. The van der Waals surface area contributed by atoms with E-state index in [0.717, 1.165) is 13.0 Å². The number of hydrogen-bond donors (Lipinski definition) is 0. The van der Waals surface area contributed by atoms with Crippen molar-refractivity contribution in [2.45, 2.75) is 57.1 Å². The minimum atomic E-state index is -1.51. The minimum absolute atomic E-state index is 0.327. The zero-order chi connectivity index (χ0) is 10.7. The molecule has 3 heteroatoms. The Bertz CT molecular complexity index is 151. The first-order chi connectivity index (χ1) is 5.70. The van der Waals surface area contributed by atoms with Crippen molar-refractivity contribution in [3.63, 3.8) is 0 Å². The molecule has 1 unspecified atom stereocenters. The first-order valence-electron chi connectivity index (χ1n) is 4.98. The van der Waals surface area contributed by atoms with Gasteiger partial charge in [-0.25, -0.2) is 0 Å². The summed E-state index contributed by atoms with van der Waals surface area (Å²) in [4.78, 5) is 0.515. The summed E-state index contributed by atoms with van der Waals surface area (Å²) >= 11 is 3.59. The van der Waals surface area contributed by atoms with E-state index in [1.165, 1.54) is 0 Å². The van der Waals surface area contributed by atoms with Crippen LogP contribution < -0.4 is 0 Å². The molecule has 0 spiro atoms. The summed E-state index contributed by atoms with van der Waals surface area (Å²) in [6, 6.07) is 0. The van der Waals surface area contributed by atoms with Crippen LogP contribution in [0.3, 0.4) is 0 Å². The minimum Gasteiger partial charge on any atom is -0.416 e. The summed E-state index contributed by atoms with van der Waals surface area (Å²) in [5, 5.41) is 0.327. The lowest BCUT2D eigenvalue weighted by molar-refractivity contribution is 0.288. The quantitative estimate of drug-likeness (QED) is 0.548. The Labute approximate surface area is 92.5 Å². The van der Waals surface area contributed by atoms with Gasteiger partial charge in [0.05, 0.1) is 0 Å². The van der Waals surface area contributed by atoms with Gasteiger partial charge in [0.25, 0.3) is 0 Å². The Kier molecular flexibility index (Phi) is 5.19. The summed E-state index contributed by atoms with van der Waals surface area (Å²) < 4.78 is 6.04. The van der Waals surface area contributed by atoms with Crippen molar-refractivity contribution in [3.8, 4) is 0 Å². The number of halogens is 1. The normalized spacial score (nSPS) is 15.9. The Morgan fingerprint density at radius 3 is 2.08 bits per heavy atom. The Morgan fingerprint density at radius 1 is 1.31 bits per heavy atom. The van der Waals surface area contributed by atoms with E-state index in [0.29, 0.717) is 9.87 Å². The van der Waals surface area contributed by atoms with Crippen LogP contribution >= 0.6 is 15.9 Å². The molecule has 0 radical (unpaired) electrons. The van der Waals surface area contributed by atoms with E-state index in [4.69, 9.17) is 4.43 Å². The fourth-order valence-electron chi connectivity index (χ4n) is 0.633. The molecule has 0 saturated carbocycles. The predicted octanol–water partition coefficient (Wildman–Crippen LogP) is 4.18. The molecule has 0 aromatic heterocycles. The lowest BCUT2D eigenvalue weighted by Crippen LogP contribution is -2.42. The Hall–Kier alpha value is 0.657. The zero-order valence-corrected chi connectivity index (χ0v) is 12.4. The van der Waals surface area contributed by atoms with Crippen LogP contribution in [0.15, 0.2) is 0 Å². The van der Waals surface area contributed by atoms with Gasteiger partial charge < -0.3 is 4.43 Å². The molecule has 0 aliphatic carbocycles. The maximum absolute atomic E-state index is 6.04. The summed E-state index contributed by atoms with van der Waals surface area (Å²) in [5.41, 5.74) is 0. The molecule has 0 N–H and O–H groups in total. The standard InChI is InChI=1S/C10H23BrOSi/c1-7-9(11)8-12-13(5,6)10(2,3)4/h9H,7-8H2,1-6H3. The van der Waals surface area contributed by atoms with Gasteiger partial charge in [0.2, 0.25) is 0 Å². The zero-order valence-electron chi connectivity index (χ0n) is 9.78. The van der Waals surface area contributed by atoms with Crippen LogP contribution in [-0.2, 0) is 4.43 Å². The second-order valence-corrected chi connectivity index (χ2v) is 11.2. The molecule has 0 fully saturated rings. The van der Waals surface area contributed by atoms with E-state index >= 15 is 0 Å². The van der Waals surface area contributed by atoms with Gasteiger partial charge in [0, 0.05) is 11.4 Å². The van der Waals surface area contributed by atoms with Crippen LogP contribution in [0.2, 0.25) is 18.1 Å². The van der Waals surface area contributed by atoms with Crippen molar-refractivity contribution in [2.75, 3.05) is 6.61 Å². The summed E-state index contributed by atoms with van der Waals surface area (Å²) in [6.07, 6.45) is 1.13. The highest BCUT2D eigenvalue weighted by molar-refractivity contribution is 9.09. The molecule has 13 heavy (non-hydrogen) atoms. The topological polar surface area (TPSA) is 9.23 Å². The van der Waals surface area contributed by atoms with E-state index in [2.05, 4.69) is 56.7 Å². The molecule has 80 valence electrons. The Balaban J connectivity index is 4.04. The Morgan fingerprint density at radius 2 is 1.77 bits per heavy atom. The summed E-state index contributed by atoms with van der Waals surface area (Å²) in [5.74, 6) is 0. The number of hydrogen-bond acceptors (Lipinski definition) is 1. The van der Waals surface area contributed by atoms with Crippen LogP contribution in [0.5, 0.6) is 0 Å². The van der Waals surface area contributed by atoms with Crippen molar-refractivity contribution in [1.82, 2.24) is 0 Å². The van der Waals surface area contributed by atoms with Gasteiger partial charge in [-0.05, 0) is 24.6 Å². The third kappa shape index (κ3) is 4.61. The molecule has 0 heterocycles. The SMILES string of the molecule is CCC(Br)CO[Si](C)(C)C(C)(C)C. The average molecular weight is 267 g/mol. The second-order valence-electron chi connectivity index (χ2n) is 5.08. The smallest absolute Gasteiger partial charge is 0.192 e. The van der Waals surface area contributed by atoms with Gasteiger partial charge in [-0.1, -0.05) is 43.6 Å². The average Bonchev–Trinajstić information content (AvgIpc) is 1.98. The molecule has 0 amide bonds. The summed E-state index contributed by atoms with van der Waals surface area (Å²) in [6.45, 7) is 14.4. The van der Waals surface area contributed by atoms with Crippen LogP contribution in [-0.4, -0.2) is 19.8 Å². The van der Waals surface area contributed by atoms with Gasteiger partial charge >= 0.3 is 0 Å². The lowest BCUT2D eigenvalue weighted by atomic mass is 10.2. The van der Waals surface area contributed by atoms with E-state index in [1.54, 1.807) is 0 Å². The predicted molar refractivity (Wildman–Crippen MR) is 66.2 cm³/mol. The molecule has 0 aliphatic heterocycles. The van der Waals surface area contributed by atoms with E-state index in [1.807, 2.05) is 0 Å². The monoisotopic (exact) mass is 266 g/mol. The summed E-state index contributed by atoms with van der Waals surface area (Å²) in [7, 11) is -1.51. The second kappa shape index (κ2) is 4.94. The molecule has 0 aromatic rings. The third-order valence-corrected chi connectivity index (χ3v) is 8.29. The van der Waals surface area contributed by atoms with E-state index in [9.17, 15) is 0 Å². The van der Waals surface area contributed by atoms with Crippen LogP contribution in [0.1, 0.15) is 34.1 Å². The molecule has 0 aromatic carbocycles. The van der Waals surface area contributed by atoms with Gasteiger partial charge in [-0.3, -0.25) is 0 Å². The molecule has 1 nitrogen and oxygen atoms in total. The highest BCUT2D eigenvalue weighted by Crippen LogP contribution is 2.36. The van der Waals surface area contributed by atoms with Crippen LogP contribution in [0, 0.1) is 0 Å². The molecule has 0 aliphatic rings. The van der Waals surface area contributed by atoms with Gasteiger partial charge in [0.1, 0.15) is 0 Å². The van der Waals surface area contributed by atoms with E-state index < -0.39 is 8.32 Å². The van der Waals surface area contributed by atoms with E-state index in [-0.39, 0.29) is 0 Å². The maximum atomic E-state index is 6.04. The fourth-order valence-corrected chi connectivity index (χ4v) is 2.06. The largest absolute Gasteiger partial charge is 0.416 e. The van der Waals surface area contributed by atoms with Gasteiger partial charge in [0.15, 0.2) is 8.32 Å². The van der Waals surface area contributed by atoms with Gasteiger partial charge in [-0.15, -0.1) is 0 Å². The van der Waals surface area contributed by atoms with Crippen molar-refractivity contribution >= 4 is 24.2 Å². The third-order valence-electron chi connectivity index (χ3n) is 2.87. The van der Waals surface area contributed by atoms with Crippen molar-refractivity contribution in [2.24, 2.45) is 0 Å². The molecule has 1 atom stereocenters. The van der Waals surface area contributed by atoms with Crippen molar-refractivity contribution in [1.29, 1.82) is 0 Å². The maximum Gasteiger partial charge on any atom is 0.192 e. The molecular formula is C10H23BrOSi. The first kappa shape index (κ1) is 13.7. The number of alkyl halides is 1. The van der Waals surface area contributed by atoms with Crippen LogP contribution in [0.4, 0.5) is 0 Å². The first-order valence-corrected chi connectivity index (χ1v) is 8.81. The highest BCUT2D eigenvalue weighted by atomic mass is 79.9. The van der Waals surface area contributed by atoms with Crippen molar-refractivity contribution in [3.05, 3.63) is 0 Å². The molecule has 0 saturated heterocycles.